The summed E-state index contributed by atoms with van der Waals surface area (Å²) in [4.78, 5) is 5.25. The molecule has 0 bridgehead atoms. The van der Waals surface area contributed by atoms with E-state index in [9.17, 15) is 0 Å². The molecule has 0 N–H and O–H groups in total. The average molecular weight is 162 g/mol. The summed E-state index contributed by atoms with van der Waals surface area (Å²) in [6.45, 7) is 0. The summed E-state index contributed by atoms with van der Waals surface area (Å²) in [6.07, 6.45) is 7.26. The molecule has 1 aliphatic rings. The first-order valence-electron chi connectivity index (χ1n) is 3.30. The molecule has 1 aliphatic carbocycles. The molecule has 0 unspecified atom stereocenters. The monoisotopic (exact) mass is 162 g/mol. The van der Waals surface area contributed by atoms with E-state index < -0.39 is 5.66 Å². The minimum absolute atomic E-state index is 0.414. The second-order valence-electron chi connectivity index (χ2n) is 2.25. The zero-order chi connectivity index (χ0) is 8.86. The van der Waals surface area contributed by atoms with E-state index in [0.717, 1.165) is 0 Å². The normalized spacial score (nSPS) is 25.7. The zero-order valence-corrected chi connectivity index (χ0v) is 6.20. The second-order valence-corrected chi connectivity index (χ2v) is 2.25. The lowest BCUT2D eigenvalue weighted by atomic mass is 10.0. The molecule has 0 atom stereocenters. The van der Waals surface area contributed by atoms with Gasteiger partial charge in [0.2, 0.25) is 0 Å². The third kappa shape index (κ3) is 1.58. The number of hydrogen-bond donors (Lipinski definition) is 0. The van der Waals surface area contributed by atoms with Gasteiger partial charge in [0.05, 0.1) is 0 Å². The van der Waals surface area contributed by atoms with Gasteiger partial charge >= 0.3 is 0 Å². The van der Waals surface area contributed by atoms with E-state index in [1.165, 1.54) is 0 Å². The first-order valence-corrected chi connectivity index (χ1v) is 3.30. The van der Waals surface area contributed by atoms with Crippen LogP contribution in [0.2, 0.25) is 0 Å². The van der Waals surface area contributed by atoms with Crippen LogP contribution in [0.1, 0.15) is 6.42 Å². The van der Waals surface area contributed by atoms with E-state index in [1.54, 1.807) is 24.3 Å². The van der Waals surface area contributed by atoms with Gasteiger partial charge in [-0.15, -0.1) is 0 Å². The Morgan fingerprint density at radius 1 is 1.17 bits per heavy atom. The van der Waals surface area contributed by atoms with Crippen molar-refractivity contribution in [2.24, 2.45) is 10.2 Å². The SMILES string of the molecule is [N-]=[N+]=NC1(N=[N+]=[N-])C=CC=CC1. The summed E-state index contributed by atoms with van der Waals surface area (Å²) in [5.41, 5.74) is 15.4. The fourth-order valence-electron chi connectivity index (χ4n) is 0.921. The summed E-state index contributed by atoms with van der Waals surface area (Å²) in [5.74, 6) is 0. The molecule has 0 aromatic heterocycles. The maximum atomic E-state index is 8.23. The molecule has 6 nitrogen and oxygen atoms in total. The highest BCUT2D eigenvalue weighted by Crippen LogP contribution is 2.24. The Morgan fingerprint density at radius 3 is 2.25 bits per heavy atom. The zero-order valence-electron chi connectivity index (χ0n) is 6.20. The predicted molar refractivity (Wildman–Crippen MR) is 43.9 cm³/mol. The van der Waals surface area contributed by atoms with Crippen LogP contribution in [0.25, 0.3) is 20.9 Å². The first kappa shape index (κ1) is 8.20. The standard InChI is InChI=1S/C6H6N6/c7-11-9-6(10-12-8)4-2-1-3-5-6/h1-4H,5H2. The molecule has 0 aliphatic heterocycles. The molecule has 6 heteroatoms. The molecule has 0 aromatic rings. The molecule has 0 fully saturated rings. The number of azide groups is 1. The van der Waals surface area contributed by atoms with Crippen LogP contribution in [-0.4, -0.2) is 5.66 Å². The van der Waals surface area contributed by atoms with Gasteiger partial charge in [0.1, 0.15) is 5.66 Å². The molecule has 12 heavy (non-hydrogen) atoms. The molecule has 0 saturated heterocycles. The lowest BCUT2D eigenvalue weighted by Crippen LogP contribution is -2.19. The highest BCUT2D eigenvalue weighted by Gasteiger charge is 2.23. The quantitative estimate of drug-likeness (QED) is 0.339. The van der Waals surface area contributed by atoms with Crippen LogP contribution in [0.3, 0.4) is 0 Å². The summed E-state index contributed by atoms with van der Waals surface area (Å²) in [5, 5.41) is 6.85. The van der Waals surface area contributed by atoms with Crippen LogP contribution in [-0.2, 0) is 0 Å². The Hall–Kier alpha value is -1.90. The van der Waals surface area contributed by atoms with Gasteiger partial charge in [0, 0.05) is 9.82 Å². The summed E-state index contributed by atoms with van der Waals surface area (Å²) < 4.78 is 0. The van der Waals surface area contributed by atoms with Gasteiger partial charge in [-0.1, -0.05) is 34.5 Å². The van der Waals surface area contributed by atoms with Gasteiger partial charge in [-0.05, 0) is 17.5 Å². The van der Waals surface area contributed by atoms with E-state index in [4.69, 9.17) is 11.1 Å². The Morgan fingerprint density at radius 2 is 1.83 bits per heavy atom. The molecule has 0 heterocycles. The molecule has 0 saturated carbocycles. The van der Waals surface area contributed by atoms with Gasteiger partial charge < -0.3 is 0 Å². The van der Waals surface area contributed by atoms with Crippen molar-refractivity contribution in [2.75, 3.05) is 0 Å². The van der Waals surface area contributed by atoms with Crippen LogP contribution >= 0.6 is 0 Å². The van der Waals surface area contributed by atoms with E-state index in [2.05, 4.69) is 20.1 Å². The molecular weight excluding hydrogens is 156 g/mol. The Bertz CT molecular complexity index is 297. The molecule has 0 amide bonds. The lowest BCUT2D eigenvalue weighted by molar-refractivity contribution is 0.550. The van der Waals surface area contributed by atoms with E-state index in [-0.39, 0.29) is 0 Å². The fourth-order valence-corrected chi connectivity index (χ4v) is 0.921. The van der Waals surface area contributed by atoms with Crippen molar-refractivity contribution in [1.29, 1.82) is 0 Å². The van der Waals surface area contributed by atoms with E-state index >= 15 is 0 Å². The van der Waals surface area contributed by atoms with Crippen molar-refractivity contribution in [1.82, 2.24) is 0 Å². The molecule has 0 radical (unpaired) electrons. The van der Waals surface area contributed by atoms with Crippen LogP contribution in [0.4, 0.5) is 0 Å². The number of allylic oxidation sites excluding steroid dienone is 2. The topological polar surface area (TPSA) is 97.5 Å². The second kappa shape index (κ2) is 3.48. The number of nitrogens with zero attached hydrogens (tertiary/aromatic N) is 6. The molecule has 0 aromatic carbocycles. The van der Waals surface area contributed by atoms with Crippen LogP contribution < -0.4 is 0 Å². The number of hydrogen-bond acceptors (Lipinski definition) is 2. The van der Waals surface area contributed by atoms with Crippen molar-refractivity contribution in [3.8, 4) is 0 Å². The summed E-state index contributed by atoms with van der Waals surface area (Å²) in [6, 6.07) is 0. The molecule has 1 rings (SSSR count). The average Bonchev–Trinajstić information content (AvgIpc) is 2.07. The predicted octanol–water partition coefficient (Wildman–Crippen LogP) is 2.82. The van der Waals surface area contributed by atoms with Crippen molar-refractivity contribution in [3.63, 3.8) is 0 Å². The Balaban J connectivity index is 3.02. The van der Waals surface area contributed by atoms with Crippen molar-refractivity contribution in [2.45, 2.75) is 12.1 Å². The molecule has 0 spiro atoms. The van der Waals surface area contributed by atoms with E-state index in [0.29, 0.717) is 6.42 Å². The van der Waals surface area contributed by atoms with Gasteiger partial charge in [-0.2, -0.15) is 0 Å². The minimum Gasteiger partial charge on any atom is -0.0834 e. The van der Waals surface area contributed by atoms with Crippen molar-refractivity contribution in [3.05, 3.63) is 45.2 Å². The third-order valence-electron chi connectivity index (χ3n) is 1.46. The van der Waals surface area contributed by atoms with Crippen molar-refractivity contribution < 1.29 is 0 Å². The summed E-state index contributed by atoms with van der Waals surface area (Å²) in [7, 11) is 0. The Kier molecular flexibility index (Phi) is 2.38. The van der Waals surface area contributed by atoms with E-state index in [1.807, 2.05) is 0 Å². The molecule has 60 valence electrons. The van der Waals surface area contributed by atoms with Crippen molar-refractivity contribution >= 4 is 0 Å². The van der Waals surface area contributed by atoms with Crippen LogP contribution in [0, 0.1) is 0 Å². The van der Waals surface area contributed by atoms with Gasteiger partial charge in [-0.25, -0.2) is 0 Å². The maximum Gasteiger partial charge on any atom is 0.149 e. The lowest BCUT2D eigenvalue weighted by Gasteiger charge is -2.18. The fraction of sp³-hybridized carbons (Fsp3) is 0.333. The van der Waals surface area contributed by atoms with Gasteiger partial charge in [0.25, 0.3) is 0 Å². The number of rotatable bonds is 2. The van der Waals surface area contributed by atoms with Gasteiger partial charge in [-0.3, -0.25) is 0 Å². The first-order chi connectivity index (χ1) is 5.83. The van der Waals surface area contributed by atoms with Crippen LogP contribution in [0.15, 0.2) is 34.5 Å². The smallest absolute Gasteiger partial charge is 0.0834 e. The highest BCUT2D eigenvalue weighted by atomic mass is 15.3. The minimum atomic E-state index is -1.07. The largest absolute Gasteiger partial charge is 0.149 e. The third-order valence-corrected chi connectivity index (χ3v) is 1.46. The Labute approximate surface area is 68.4 Å². The van der Waals surface area contributed by atoms with Crippen LogP contribution in [0.5, 0.6) is 0 Å². The summed E-state index contributed by atoms with van der Waals surface area (Å²) >= 11 is 0. The maximum absolute atomic E-state index is 8.23. The highest BCUT2D eigenvalue weighted by molar-refractivity contribution is 5.20. The molecular formula is C6H6N6. The van der Waals surface area contributed by atoms with Gasteiger partial charge in [0.15, 0.2) is 0 Å².